The Kier molecular flexibility index (Phi) is 4.12. The number of likely N-dealkylation sites (N-methyl/N-ethyl adjacent to an activating group) is 1. The Morgan fingerprint density at radius 2 is 1.74 bits per heavy atom. The molecule has 3 aliphatic rings. The van der Waals surface area contributed by atoms with Crippen LogP contribution in [0.25, 0.3) is 0 Å². The second-order valence-corrected chi connectivity index (χ2v) is 7.45. The van der Waals surface area contributed by atoms with Gasteiger partial charge in [0.15, 0.2) is 0 Å². The van der Waals surface area contributed by atoms with Crippen LogP contribution in [0, 0.1) is 0 Å². The Hall–Kier alpha value is -1.39. The van der Waals surface area contributed by atoms with Gasteiger partial charge in [0, 0.05) is 38.1 Å². The van der Waals surface area contributed by atoms with Crippen molar-refractivity contribution in [1.82, 2.24) is 15.1 Å². The largest absolute Gasteiger partial charge is 0.339 e. The minimum Gasteiger partial charge on any atom is -0.339 e. The van der Waals surface area contributed by atoms with Gasteiger partial charge in [-0.25, -0.2) is 0 Å². The highest BCUT2D eigenvalue weighted by Gasteiger charge is 2.38. The number of piperazine rings is 1. The van der Waals surface area contributed by atoms with Gasteiger partial charge in [0.25, 0.3) is 0 Å². The second-order valence-electron chi connectivity index (χ2n) is 7.45. The van der Waals surface area contributed by atoms with Gasteiger partial charge in [-0.3, -0.25) is 4.79 Å². The van der Waals surface area contributed by atoms with Crippen LogP contribution in [0.2, 0.25) is 0 Å². The zero-order valence-electron chi connectivity index (χ0n) is 14.0. The van der Waals surface area contributed by atoms with E-state index in [1.165, 1.54) is 30.4 Å². The summed E-state index contributed by atoms with van der Waals surface area (Å²) in [6, 6.07) is 9.68. The molecule has 1 N–H and O–H groups in total. The minimum atomic E-state index is 0.257. The van der Waals surface area contributed by atoms with E-state index in [0.29, 0.717) is 18.5 Å². The van der Waals surface area contributed by atoms with Crippen LogP contribution in [0.1, 0.15) is 42.2 Å². The van der Waals surface area contributed by atoms with Gasteiger partial charge >= 0.3 is 0 Å². The van der Waals surface area contributed by atoms with Crippen molar-refractivity contribution in [3.8, 4) is 0 Å². The summed E-state index contributed by atoms with van der Waals surface area (Å²) in [5.74, 6) is 1.69. The first-order chi connectivity index (χ1) is 11.2. The van der Waals surface area contributed by atoms with Crippen LogP contribution in [-0.4, -0.2) is 61.5 Å². The Morgan fingerprint density at radius 3 is 2.39 bits per heavy atom. The fourth-order valence-corrected chi connectivity index (χ4v) is 3.61. The molecule has 0 radical (unpaired) electrons. The predicted octanol–water partition coefficient (Wildman–Crippen LogP) is 1.78. The molecule has 2 atom stereocenters. The number of amides is 1. The van der Waals surface area contributed by atoms with E-state index in [0.717, 1.165) is 32.1 Å². The number of carbonyl (C=O) groups is 1. The molecule has 1 aromatic carbocycles. The molecule has 2 saturated carbocycles. The van der Waals surface area contributed by atoms with Crippen molar-refractivity contribution in [1.29, 1.82) is 0 Å². The fourth-order valence-electron chi connectivity index (χ4n) is 3.61. The zero-order chi connectivity index (χ0) is 15.8. The van der Waals surface area contributed by atoms with Gasteiger partial charge in [-0.05, 0) is 43.4 Å². The molecular formula is C19H27N3O. The van der Waals surface area contributed by atoms with Crippen LogP contribution in [0.4, 0.5) is 0 Å². The van der Waals surface area contributed by atoms with E-state index in [9.17, 15) is 4.79 Å². The van der Waals surface area contributed by atoms with Gasteiger partial charge in [-0.15, -0.1) is 0 Å². The van der Waals surface area contributed by atoms with Gasteiger partial charge in [0.2, 0.25) is 5.91 Å². The molecule has 3 fully saturated rings. The monoisotopic (exact) mass is 313 g/mol. The van der Waals surface area contributed by atoms with E-state index in [4.69, 9.17) is 0 Å². The number of benzene rings is 1. The molecule has 0 bridgehead atoms. The Morgan fingerprint density at radius 1 is 1.09 bits per heavy atom. The highest BCUT2D eigenvalue weighted by Crippen LogP contribution is 2.43. The first kappa shape index (κ1) is 15.2. The van der Waals surface area contributed by atoms with Crippen molar-refractivity contribution in [3.05, 3.63) is 35.4 Å². The van der Waals surface area contributed by atoms with Crippen LogP contribution in [0.3, 0.4) is 0 Å². The van der Waals surface area contributed by atoms with E-state index in [-0.39, 0.29) is 5.91 Å². The summed E-state index contributed by atoms with van der Waals surface area (Å²) < 4.78 is 0. The molecule has 0 aromatic heterocycles. The number of nitrogens with zero attached hydrogens (tertiary/aromatic N) is 2. The molecule has 23 heavy (non-hydrogen) atoms. The number of hydrogen-bond donors (Lipinski definition) is 1. The van der Waals surface area contributed by atoms with Crippen LogP contribution in [0.15, 0.2) is 24.3 Å². The maximum Gasteiger partial charge on any atom is 0.236 e. The summed E-state index contributed by atoms with van der Waals surface area (Å²) in [5.41, 5.74) is 2.93. The SMILES string of the molecule is CN1CCN(C(=O)CN[C@@H]2C[C@H]2c2ccc(C3CC3)cc2)CC1. The Bertz CT molecular complexity index is 558. The number of carbonyl (C=O) groups excluding carboxylic acids is 1. The Labute approximate surface area is 138 Å². The summed E-state index contributed by atoms with van der Waals surface area (Å²) in [4.78, 5) is 16.5. The van der Waals surface area contributed by atoms with E-state index < -0.39 is 0 Å². The van der Waals surface area contributed by atoms with Gasteiger partial charge in [-0.2, -0.15) is 0 Å². The normalized spacial score (nSPS) is 28.0. The molecule has 1 saturated heterocycles. The summed E-state index contributed by atoms with van der Waals surface area (Å²) >= 11 is 0. The number of nitrogens with one attached hydrogen (secondary N) is 1. The molecule has 1 heterocycles. The summed E-state index contributed by atoms with van der Waals surface area (Å²) in [7, 11) is 2.11. The number of rotatable bonds is 5. The quantitative estimate of drug-likeness (QED) is 0.900. The molecule has 2 aliphatic carbocycles. The topological polar surface area (TPSA) is 35.6 Å². The first-order valence-corrected chi connectivity index (χ1v) is 9.00. The van der Waals surface area contributed by atoms with Gasteiger partial charge in [0.1, 0.15) is 0 Å². The fraction of sp³-hybridized carbons (Fsp3) is 0.632. The molecule has 1 aliphatic heterocycles. The molecule has 1 aromatic rings. The minimum absolute atomic E-state index is 0.257. The Balaban J connectivity index is 1.23. The van der Waals surface area contributed by atoms with Crippen molar-refractivity contribution >= 4 is 5.91 Å². The van der Waals surface area contributed by atoms with Crippen molar-refractivity contribution in [2.24, 2.45) is 0 Å². The van der Waals surface area contributed by atoms with Gasteiger partial charge in [0.05, 0.1) is 6.54 Å². The molecule has 1 amide bonds. The highest BCUT2D eigenvalue weighted by molar-refractivity contribution is 5.78. The molecule has 4 heteroatoms. The third kappa shape index (κ3) is 3.59. The average Bonchev–Trinajstić information content (AvgIpc) is 3.47. The van der Waals surface area contributed by atoms with Crippen LogP contribution >= 0.6 is 0 Å². The van der Waals surface area contributed by atoms with E-state index in [1.807, 2.05) is 4.90 Å². The lowest BCUT2D eigenvalue weighted by Crippen LogP contribution is -2.49. The van der Waals surface area contributed by atoms with Crippen LogP contribution in [-0.2, 0) is 4.79 Å². The third-order valence-electron chi connectivity index (χ3n) is 5.58. The van der Waals surface area contributed by atoms with Crippen molar-refractivity contribution in [2.45, 2.75) is 37.1 Å². The lowest BCUT2D eigenvalue weighted by molar-refractivity contribution is -0.131. The molecule has 0 spiro atoms. The van der Waals surface area contributed by atoms with Crippen molar-refractivity contribution in [2.75, 3.05) is 39.8 Å². The van der Waals surface area contributed by atoms with Crippen molar-refractivity contribution in [3.63, 3.8) is 0 Å². The smallest absolute Gasteiger partial charge is 0.236 e. The summed E-state index contributed by atoms with van der Waals surface area (Å²) in [5, 5.41) is 3.46. The van der Waals surface area contributed by atoms with E-state index >= 15 is 0 Å². The molecule has 4 rings (SSSR count). The maximum absolute atomic E-state index is 12.3. The standard InChI is InChI=1S/C19H27N3O/c1-21-8-10-22(11-9-21)19(23)13-20-18-12-17(18)16-6-4-15(5-7-16)14-2-3-14/h4-7,14,17-18,20H,2-3,8-13H2,1H3/t17-,18+/m0/s1. The molecule has 124 valence electrons. The van der Waals surface area contributed by atoms with Gasteiger partial charge in [-0.1, -0.05) is 24.3 Å². The second kappa shape index (κ2) is 6.25. The average molecular weight is 313 g/mol. The van der Waals surface area contributed by atoms with E-state index in [2.05, 4.69) is 41.5 Å². The lowest BCUT2D eigenvalue weighted by Gasteiger charge is -2.32. The summed E-state index contributed by atoms with van der Waals surface area (Å²) in [6.07, 6.45) is 3.89. The van der Waals surface area contributed by atoms with Crippen LogP contribution in [0.5, 0.6) is 0 Å². The predicted molar refractivity (Wildman–Crippen MR) is 91.6 cm³/mol. The summed E-state index contributed by atoms with van der Waals surface area (Å²) in [6.45, 7) is 4.21. The zero-order valence-corrected chi connectivity index (χ0v) is 14.0. The molecule has 0 unspecified atom stereocenters. The maximum atomic E-state index is 12.3. The molecule has 4 nitrogen and oxygen atoms in total. The molecular weight excluding hydrogens is 286 g/mol. The lowest BCUT2D eigenvalue weighted by atomic mass is 10.1. The highest BCUT2D eigenvalue weighted by atomic mass is 16.2. The van der Waals surface area contributed by atoms with E-state index in [1.54, 1.807) is 0 Å². The van der Waals surface area contributed by atoms with Crippen molar-refractivity contribution < 1.29 is 4.79 Å². The third-order valence-corrected chi connectivity index (χ3v) is 5.58. The van der Waals surface area contributed by atoms with Crippen LogP contribution < -0.4 is 5.32 Å². The number of hydrogen-bond acceptors (Lipinski definition) is 3. The van der Waals surface area contributed by atoms with Gasteiger partial charge < -0.3 is 15.1 Å². The first-order valence-electron chi connectivity index (χ1n) is 9.00.